The summed E-state index contributed by atoms with van der Waals surface area (Å²) < 4.78 is 5.59. The fraction of sp³-hybridized carbons (Fsp3) is 0.423. The lowest BCUT2D eigenvalue weighted by Crippen LogP contribution is -2.46. The third-order valence-corrected chi connectivity index (χ3v) is 6.73. The number of nitrogens with zero attached hydrogens (tertiary/aromatic N) is 1. The van der Waals surface area contributed by atoms with Gasteiger partial charge in [0.15, 0.2) is 0 Å². The second-order valence-electron chi connectivity index (χ2n) is 9.31. The van der Waals surface area contributed by atoms with Crippen molar-refractivity contribution in [1.29, 1.82) is 0 Å². The highest BCUT2D eigenvalue weighted by molar-refractivity contribution is 5.85. The summed E-state index contributed by atoms with van der Waals surface area (Å²) in [6, 6.07) is 14.5. The first-order valence-electron chi connectivity index (χ1n) is 11.6. The topological polar surface area (TPSA) is 116 Å². The molecule has 0 radical (unpaired) electrons. The number of carboxylic acids is 1. The number of benzene rings is 2. The maximum absolute atomic E-state index is 12.8. The van der Waals surface area contributed by atoms with Crippen LogP contribution in [0.5, 0.6) is 0 Å². The van der Waals surface area contributed by atoms with Gasteiger partial charge < -0.3 is 25.2 Å². The first-order valence-corrected chi connectivity index (χ1v) is 11.6. The van der Waals surface area contributed by atoms with Crippen LogP contribution in [0.3, 0.4) is 0 Å². The van der Waals surface area contributed by atoms with Crippen LogP contribution in [0.4, 0.5) is 4.79 Å². The van der Waals surface area contributed by atoms with Crippen LogP contribution >= 0.6 is 0 Å². The second kappa shape index (κ2) is 9.85. The van der Waals surface area contributed by atoms with Crippen molar-refractivity contribution in [3.8, 4) is 11.1 Å². The Balaban J connectivity index is 1.39. The molecule has 1 aliphatic carbocycles. The van der Waals surface area contributed by atoms with Gasteiger partial charge in [-0.05, 0) is 28.2 Å². The highest BCUT2D eigenvalue weighted by Gasteiger charge is 2.39. The Kier molecular flexibility index (Phi) is 6.88. The van der Waals surface area contributed by atoms with E-state index in [1.807, 2.05) is 50.2 Å². The molecule has 1 fully saturated rings. The average Bonchev–Trinajstić information content (AvgIpc) is 3.35. The summed E-state index contributed by atoms with van der Waals surface area (Å²) in [5, 5.41) is 22.0. The third kappa shape index (κ3) is 4.77. The van der Waals surface area contributed by atoms with Gasteiger partial charge in [0.05, 0.1) is 6.10 Å². The van der Waals surface area contributed by atoms with Crippen molar-refractivity contribution in [2.45, 2.75) is 50.8 Å². The van der Waals surface area contributed by atoms with Crippen molar-refractivity contribution in [2.24, 2.45) is 5.92 Å². The van der Waals surface area contributed by atoms with Crippen molar-refractivity contribution in [1.82, 2.24) is 10.2 Å². The molecule has 2 aromatic carbocycles. The van der Waals surface area contributed by atoms with E-state index < -0.39 is 36.2 Å². The smallest absolute Gasteiger partial charge is 0.407 e. The Labute approximate surface area is 198 Å². The van der Waals surface area contributed by atoms with E-state index in [0.29, 0.717) is 0 Å². The Morgan fingerprint density at radius 1 is 1.06 bits per heavy atom. The van der Waals surface area contributed by atoms with E-state index in [9.17, 15) is 24.6 Å². The molecule has 0 saturated carbocycles. The van der Waals surface area contributed by atoms with Crippen molar-refractivity contribution >= 4 is 18.0 Å². The predicted molar refractivity (Wildman–Crippen MR) is 125 cm³/mol. The van der Waals surface area contributed by atoms with Crippen LogP contribution in [0.25, 0.3) is 11.1 Å². The highest BCUT2D eigenvalue weighted by Crippen LogP contribution is 2.44. The molecule has 34 heavy (non-hydrogen) atoms. The molecule has 0 bridgehead atoms. The molecule has 180 valence electrons. The van der Waals surface area contributed by atoms with E-state index in [1.54, 1.807) is 0 Å². The first-order chi connectivity index (χ1) is 16.3. The number of fused-ring (bicyclic) bond motifs is 3. The summed E-state index contributed by atoms with van der Waals surface area (Å²) in [5.74, 6) is -1.71. The number of carbonyl (C=O) groups excluding carboxylic acids is 2. The summed E-state index contributed by atoms with van der Waals surface area (Å²) in [4.78, 5) is 38.1. The number of ether oxygens (including phenoxy) is 1. The lowest BCUT2D eigenvalue weighted by Gasteiger charge is -2.27. The molecule has 1 saturated heterocycles. The number of amides is 2. The van der Waals surface area contributed by atoms with Gasteiger partial charge in [0.25, 0.3) is 0 Å². The number of nitrogens with one attached hydrogen (secondary N) is 1. The van der Waals surface area contributed by atoms with Crippen LogP contribution in [0.15, 0.2) is 48.5 Å². The van der Waals surface area contributed by atoms with Crippen LogP contribution in [-0.4, -0.2) is 64.4 Å². The number of carbonyl (C=O) groups is 3. The molecule has 1 heterocycles. The van der Waals surface area contributed by atoms with Gasteiger partial charge in [-0.3, -0.25) is 4.79 Å². The number of hydrogen-bond acceptors (Lipinski definition) is 5. The minimum absolute atomic E-state index is 0.00717. The molecule has 8 nitrogen and oxygen atoms in total. The molecule has 0 spiro atoms. The number of aliphatic hydroxyl groups is 1. The van der Waals surface area contributed by atoms with Gasteiger partial charge in [0.2, 0.25) is 5.91 Å². The van der Waals surface area contributed by atoms with Gasteiger partial charge in [0, 0.05) is 31.3 Å². The standard InChI is InChI=1S/C26H30N2O6/c1-15(2)22(12-24(30)28-13-16(29)11-23(28)25(31)32)27-26(33)34-14-21-19-9-5-3-7-17(19)18-8-4-6-10-20(18)21/h3-10,15-16,21-23,29H,11-14H2,1-2H3,(H,27,33)(H,31,32)/t16-,22-,23+/m1/s1. The van der Waals surface area contributed by atoms with Gasteiger partial charge in [-0.25, -0.2) is 9.59 Å². The van der Waals surface area contributed by atoms with Gasteiger partial charge in [-0.15, -0.1) is 0 Å². The molecule has 8 heteroatoms. The van der Waals surface area contributed by atoms with E-state index in [2.05, 4.69) is 17.4 Å². The van der Waals surface area contributed by atoms with E-state index >= 15 is 0 Å². The lowest BCUT2D eigenvalue weighted by molar-refractivity contribution is -0.148. The quantitative estimate of drug-likeness (QED) is 0.578. The van der Waals surface area contributed by atoms with Gasteiger partial charge in [-0.2, -0.15) is 0 Å². The van der Waals surface area contributed by atoms with Crippen LogP contribution < -0.4 is 5.32 Å². The van der Waals surface area contributed by atoms with Crippen molar-refractivity contribution < 1.29 is 29.3 Å². The number of aliphatic hydroxyl groups excluding tert-OH is 1. The summed E-state index contributed by atoms with van der Waals surface area (Å²) in [7, 11) is 0. The number of hydrogen-bond donors (Lipinski definition) is 3. The minimum Gasteiger partial charge on any atom is -0.480 e. The molecular formula is C26H30N2O6. The second-order valence-corrected chi connectivity index (χ2v) is 9.31. The molecular weight excluding hydrogens is 436 g/mol. The summed E-state index contributed by atoms with van der Waals surface area (Å²) >= 11 is 0. The van der Waals surface area contributed by atoms with Crippen molar-refractivity contribution in [2.75, 3.05) is 13.2 Å². The van der Waals surface area contributed by atoms with E-state index in [4.69, 9.17) is 4.74 Å². The Bertz CT molecular complexity index is 1040. The van der Waals surface area contributed by atoms with E-state index in [1.165, 1.54) is 4.90 Å². The van der Waals surface area contributed by atoms with Crippen LogP contribution in [0.1, 0.15) is 43.7 Å². The molecule has 4 rings (SSSR count). The molecule has 2 amide bonds. The number of carboxylic acid groups (broad SMARTS) is 1. The van der Waals surface area contributed by atoms with Crippen molar-refractivity contribution in [3.05, 3.63) is 59.7 Å². The molecule has 2 aromatic rings. The summed E-state index contributed by atoms with van der Waals surface area (Å²) in [6.07, 6.45) is -1.55. The zero-order valence-electron chi connectivity index (χ0n) is 19.3. The Morgan fingerprint density at radius 2 is 1.65 bits per heavy atom. The Morgan fingerprint density at radius 3 is 2.21 bits per heavy atom. The molecule has 3 N–H and O–H groups in total. The molecule has 0 unspecified atom stereocenters. The predicted octanol–water partition coefficient (Wildman–Crippen LogP) is 2.99. The Hall–Kier alpha value is -3.39. The first kappa shape index (κ1) is 23.8. The maximum atomic E-state index is 12.8. The minimum atomic E-state index is -1.14. The number of aliphatic carboxylic acids is 1. The number of β-amino-alcohol motifs (C(OH)–C–C–N with tert-alkyl or cyclic N) is 1. The molecule has 0 aromatic heterocycles. The van der Waals surface area contributed by atoms with Crippen LogP contribution in [0.2, 0.25) is 0 Å². The van der Waals surface area contributed by atoms with E-state index in [0.717, 1.165) is 22.3 Å². The maximum Gasteiger partial charge on any atom is 0.407 e. The summed E-state index contributed by atoms with van der Waals surface area (Å²) in [6.45, 7) is 3.88. The number of alkyl carbamates (subject to hydrolysis) is 1. The summed E-state index contributed by atoms with van der Waals surface area (Å²) in [5.41, 5.74) is 4.50. The van der Waals surface area contributed by atoms with Gasteiger partial charge in [0.1, 0.15) is 12.6 Å². The zero-order valence-corrected chi connectivity index (χ0v) is 19.3. The van der Waals surface area contributed by atoms with Crippen LogP contribution in [-0.2, 0) is 14.3 Å². The molecule has 2 aliphatic rings. The third-order valence-electron chi connectivity index (χ3n) is 6.73. The lowest BCUT2D eigenvalue weighted by atomic mass is 9.98. The highest BCUT2D eigenvalue weighted by atomic mass is 16.5. The monoisotopic (exact) mass is 466 g/mol. The fourth-order valence-electron chi connectivity index (χ4n) is 4.87. The largest absolute Gasteiger partial charge is 0.480 e. The average molecular weight is 467 g/mol. The molecule has 3 atom stereocenters. The fourth-order valence-corrected chi connectivity index (χ4v) is 4.87. The normalized spacial score (nSPS) is 20.1. The van der Waals surface area contributed by atoms with Gasteiger partial charge in [-0.1, -0.05) is 62.4 Å². The SMILES string of the molecule is CC(C)[C@@H](CC(=O)N1C[C@H](O)C[C@H]1C(=O)O)NC(=O)OCC1c2ccccc2-c2ccccc21. The zero-order chi connectivity index (χ0) is 24.4. The van der Waals surface area contributed by atoms with Crippen molar-refractivity contribution in [3.63, 3.8) is 0 Å². The van der Waals surface area contributed by atoms with Crippen LogP contribution in [0, 0.1) is 5.92 Å². The number of likely N-dealkylation sites (tertiary alicyclic amines) is 1. The van der Waals surface area contributed by atoms with E-state index in [-0.39, 0.29) is 37.8 Å². The van der Waals surface area contributed by atoms with Gasteiger partial charge >= 0.3 is 12.1 Å². The number of rotatable bonds is 7. The molecule has 1 aliphatic heterocycles.